The zero-order chi connectivity index (χ0) is 21.7. The second kappa shape index (κ2) is 9.15. The van der Waals surface area contributed by atoms with E-state index in [-0.39, 0.29) is 11.5 Å². The SMILES string of the molecule is Cc1ccc(NS(=O)(=O)c2ccc(OCC(=O)Nc3cccc(F)c3)cc2)cc1Cl. The number of nitrogens with one attached hydrogen (secondary N) is 2. The van der Waals surface area contributed by atoms with Crippen LogP contribution in [0.15, 0.2) is 71.6 Å². The maximum absolute atomic E-state index is 13.1. The highest BCUT2D eigenvalue weighted by molar-refractivity contribution is 7.92. The van der Waals surface area contributed by atoms with Gasteiger partial charge in [-0.1, -0.05) is 23.7 Å². The summed E-state index contributed by atoms with van der Waals surface area (Å²) in [4.78, 5) is 11.9. The summed E-state index contributed by atoms with van der Waals surface area (Å²) in [5.41, 5.74) is 1.50. The fourth-order valence-corrected chi connectivity index (χ4v) is 3.73. The van der Waals surface area contributed by atoms with Crippen LogP contribution in [-0.4, -0.2) is 20.9 Å². The number of ether oxygens (including phenoxy) is 1. The van der Waals surface area contributed by atoms with Gasteiger partial charge in [-0.25, -0.2) is 12.8 Å². The molecule has 0 heterocycles. The first kappa shape index (κ1) is 21.6. The molecule has 0 saturated carbocycles. The van der Waals surface area contributed by atoms with Crippen molar-refractivity contribution in [1.82, 2.24) is 0 Å². The minimum atomic E-state index is -3.81. The monoisotopic (exact) mass is 448 g/mol. The van der Waals surface area contributed by atoms with E-state index in [4.69, 9.17) is 16.3 Å². The van der Waals surface area contributed by atoms with Gasteiger partial charge in [-0.15, -0.1) is 0 Å². The van der Waals surface area contributed by atoms with Crippen LogP contribution in [-0.2, 0) is 14.8 Å². The van der Waals surface area contributed by atoms with Crippen LogP contribution in [0.3, 0.4) is 0 Å². The van der Waals surface area contributed by atoms with E-state index < -0.39 is 21.7 Å². The van der Waals surface area contributed by atoms with Gasteiger partial charge >= 0.3 is 0 Å². The van der Waals surface area contributed by atoms with Gasteiger partial charge < -0.3 is 10.1 Å². The second-order valence-electron chi connectivity index (χ2n) is 6.39. The van der Waals surface area contributed by atoms with Gasteiger partial charge in [0.05, 0.1) is 10.6 Å². The molecule has 0 fully saturated rings. The highest BCUT2D eigenvalue weighted by atomic mass is 35.5. The van der Waals surface area contributed by atoms with E-state index in [2.05, 4.69) is 10.0 Å². The number of rotatable bonds is 7. The summed E-state index contributed by atoms with van der Waals surface area (Å²) in [7, 11) is -3.81. The van der Waals surface area contributed by atoms with Crippen LogP contribution in [0.25, 0.3) is 0 Å². The van der Waals surface area contributed by atoms with Gasteiger partial charge in [-0.3, -0.25) is 9.52 Å². The Hall–Kier alpha value is -3.10. The van der Waals surface area contributed by atoms with E-state index in [9.17, 15) is 17.6 Å². The summed E-state index contributed by atoms with van der Waals surface area (Å²) >= 11 is 6.03. The molecule has 3 aromatic carbocycles. The van der Waals surface area contributed by atoms with Crippen LogP contribution in [0.4, 0.5) is 15.8 Å². The van der Waals surface area contributed by atoms with Crippen molar-refractivity contribution in [2.75, 3.05) is 16.6 Å². The van der Waals surface area contributed by atoms with Crippen molar-refractivity contribution in [2.45, 2.75) is 11.8 Å². The lowest BCUT2D eigenvalue weighted by molar-refractivity contribution is -0.118. The third kappa shape index (κ3) is 5.71. The number of hydrogen-bond donors (Lipinski definition) is 2. The number of carbonyl (C=O) groups excluding carboxylic acids is 1. The lowest BCUT2D eigenvalue weighted by atomic mass is 10.2. The molecule has 0 atom stereocenters. The molecule has 9 heteroatoms. The molecule has 0 saturated heterocycles. The largest absolute Gasteiger partial charge is 0.484 e. The van der Waals surface area contributed by atoms with Crippen LogP contribution in [0, 0.1) is 12.7 Å². The van der Waals surface area contributed by atoms with Crippen LogP contribution >= 0.6 is 11.6 Å². The molecule has 0 bridgehead atoms. The number of amides is 1. The first-order valence-electron chi connectivity index (χ1n) is 8.80. The van der Waals surface area contributed by atoms with Crippen molar-refractivity contribution in [3.05, 3.63) is 83.1 Å². The zero-order valence-electron chi connectivity index (χ0n) is 15.9. The van der Waals surface area contributed by atoms with Crippen LogP contribution in [0.5, 0.6) is 5.75 Å². The Labute approximate surface area is 178 Å². The molecule has 0 aliphatic rings. The lowest BCUT2D eigenvalue weighted by Gasteiger charge is -2.11. The number of aryl methyl sites for hydroxylation is 1. The maximum Gasteiger partial charge on any atom is 0.262 e. The molecule has 0 radical (unpaired) electrons. The molecular formula is C21H18ClFN2O4S. The Balaban J connectivity index is 1.59. The molecule has 0 unspecified atom stereocenters. The van der Waals surface area contributed by atoms with Crippen LogP contribution in [0.1, 0.15) is 5.56 Å². The maximum atomic E-state index is 13.1. The number of sulfonamides is 1. The third-order valence-electron chi connectivity index (χ3n) is 4.04. The highest BCUT2D eigenvalue weighted by Gasteiger charge is 2.15. The lowest BCUT2D eigenvalue weighted by Crippen LogP contribution is -2.20. The molecule has 156 valence electrons. The Morgan fingerprint density at radius 3 is 2.43 bits per heavy atom. The molecule has 0 aliphatic carbocycles. The Kier molecular flexibility index (Phi) is 6.59. The van der Waals surface area contributed by atoms with Gasteiger partial charge in [0.15, 0.2) is 6.61 Å². The summed E-state index contributed by atoms with van der Waals surface area (Å²) in [5, 5.41) is 2.96. The molecule has 3 rings (SSSR count). The van der Waals surface area contributed by atoms with Crippen molar-refractivity contribution in [3.8, 4) is 5.75 Å². The molecule has 0 spiro atoms. The van der Waals surface area contributed by atoms with Gasteiger partial charge in [0.2, 0.25) is 0 Å². The fraction of sp³-hybridized carbons (Fsp3) is 0.0952. The van der Waals surface area contributed by atoms with Gasteiger partial charge in [0.1, 0.15) is 11.6 Å². The smallest absolute Gasteiger partial charge is 0.262 e. The molecular weight excluding hydrogens is 431 g/mol. The van der Waals surface area contributed by atoms with E-state index in [0.717, 1.165) is 5.56 Å². The Bertz CT molecular complexity index is 1170. The van der Waals surface area contributed by atoms with Crippen molar-refractivity contribution in [3.63, 3.8) is 0 Å². The number of carbonyl (C=O) groups is 1. The van der Waals surface area contributed by atoms with Crippen LogP contribution < -0.4 is 14.8 Å². The summed E-state index contributed by atoms with van der Waals surface area (Å²) in [6.45, 7) is 1.50. The van der Waals surface area contributed by atoms with Gasteiger partial charge in [-0.2, -0.15) is 0 Å². The van der Waals surface area contributed by atoms with Gasteiger partial charge in [0, 0.05) is 10.7 Å². The van der Waals surface area contributed by atoms with Crippen molar-refractivity contribution < 1.29 is 22.3 Å². The van der Waals surface area contributed by atoms with Crippen LogP contribution in [0.2, 0.25) is 5.02 Å². The Morgan fingerprint density at radius 1 is 1.03 bits per heavy atom. The first-order valence-corrected chi connectivity index (χ1v) is 10.7. The quantitative estimate of drug-likeness (QED) is 0.553. The van der Waals surface area contributed by atoms with Crippen molar-refractivity contribution in [1.29, 1.82) is 0 Å². The summed E-state index contributed by atoms with van der Waals surface area (Å²) in [6.07, 6.45) is 0. The van der Waals surface area contributed by atoms with E-state index in [1.54, 1.807) is 18.2 Å². The van der Waals surface area contributed by atoms with Gasteiger partial charge in [0.25, 0.3) is 15.9 Å². The van der Waals surface area contributed by atoms with E-state index in [1.807, 2.05) is 6.92 Å². The summed E-state index contributed by atoms with van der Waals surface area (Å²) in [5.74, 6) is -0.635. The number of halogens is 2. The topological polar surface area (TPSA) is 84.5 Å². The normalized spacial score (nSPS) is 11.0. The Morgan fingerprint density at radius 2 is 1.77 bits per heavy atom. The molecule has 1 amide bonds. The number of anilines is 2. The average molecular weight is 449 g/mol. The minimum absolute atomic E-state index is 0.0239. The molecule has 0 aliphatic heterocycles. The predicted molar refractivity (Wildman–Crippen MR) is 114 cm³/mol. The molecule has 0 aromatic heterocycles. The fourth-order valence-electron chi connectivity index (χ4n) is 2.50. The highest BCUT2D eigenvalue weighted by Crippen LogP contribution is 2.23. The zero-order valence-corrected chi connectivity index (χ0v) is 17.4. The second-order valence-corrected chi connectivity index (χ2v) is 8.48. The van der Waals surface area contributed by atoms with E-state index in [0.29, 0.717) is 22.1 Å². The van der Waals surface area contributed by atoms with Gasteiger partial charge in [-0.05, 0) is 67.1 Å². The average Bonchev–Trinajstić information content (AvgIpc) is 2.69. The number of benzene rings is 3. The number of hydrogen-bond acceptors (Lipinski definition) is 4. The third-order valence-corrected chi connectivity index (χ3v) is 5.84. The summed E-state index contributed by atoms with van der Waals surface area (Å²) < 4.78 is 46.0. The van der Waals surface area contributed by atoms with E-state index in [1.165, 1.54) is 48.5 Å². The van der Waals surface area contributed by atoms with Crippen molar-refractivity contribution >= 4 is 38.9 Å². The minimum Gasteiger partial charge on any atom is -0.484 e. The molecule has 6 nitrogen and oxygen atoms in total. The molecule has 2 N–H and O–H groups in total. The standard InChI is InChI=1S/C21H18ClFN2O4S/c1-14-5-6-17(12-20(14)22)25-30(27,28)19-9-7-18(8-10-19)29-13-21(26)24-16-4-2-3-15(23)11-16/h2-12,25H,13H2,1H3,(H,24,26). The predicted octanol–water partition coefficient (Wildman–Crippen LogP) is 4.61. The van der Waals surface area contributed by atoms with Crippen molar-refractivity contribution in [2.24, 2.45) is 0 Å². The first-order chi connectivity index (χ1) is 14.2. The molecule has 3 aromatic rings. The molecule has 30 heavy (non-hydrogen) atoms. The van der Waals surface area contributed by atoms with E-state index >= 15 is 0 Å². The summed E-state index contributed by atoms with van der Waals surface area (Å²) in [6, 6.07) is 15.9.